The van der Waals surface area contributed by atoms with Crippen molar-refractivity contribution in [3.05, 3.63) is 47.8 Å². The van der Waals surface area contributed by atoms with E-state index in [4.69, 9.17) is 14.2 Å². The quantitative estimate of drug-likeness (QED) is 0.762. The fourth-order valence-electron chi connectivity index (χ4n) is 3.69. The molecule has 7 heteroatoms. The Balaban J connectivity index is 1.40. The number of rotatable bonds is 7. The first-order valence-corrected chi connectivity index (χ1v) is 9.47. The molecular weight excluding hydrogens is 360 g/mol. The molecule has 2 aliphatic rings. The number of ether oxygens (including phenoxy) is 3. The van der Waals surface area contributed by atoms with Crippen molar-refractivity contribution in [1.29, 1.82) is 0 Å². The van der Waals surface area contributed by atoms with E-state index in [0.29, 0.717) is 31.4 Å². The molecule has 1 aromatic carbocycles. The molecule has 1 fully saturated rings. The lowest BCUT2D eigenvalue weighted by atomic mass is 9.75. The van der Waals surface area contributed by atoms with Crippen molar-refractivity contribution in [3.8, 4) is 17.2 Å². The van der Waals surface area contributed by atoms with Crippen molar-refractivity contribution >= 4 is 5.91 Å². The maximum Gasteiger partial charge on any atom is 0.231 e. The van der Waals surface area contributed by atoms with Crippen LogP contribution >= 0.6 is 0 Å². The molecule has 7 nitrogen and oxygen atoms in total. The summed E-state index contributed by atoms with van der Waals surface area (Å²) in [5.74, 6) is 2.27. The van der Waals surface area contributed by atoms with Crippen LogP contribution in [0, 0.1) is 5.92 Å². The van der Waals surface area contributed by atoms with Gasteiger partial charge in [0.25, 0.3) is 0 Å². The number of benzene rings is 1. The Bertz CT molecular complexity index is 850. The van der Waals surface area contributed by atoms with Gasteiger partial charge in [0.1, 0.15) is 5.75 Å². The van der Waals surface area contributed by atoms with Crippen molar-refractivity contribution in [3.63, 3.8) is 0 Å². The number of aryl methyl sites for hydroxylation is 1. The summed E-state index contributed by atoms with van der Waals surface area (Å²) in [6, 6.07) is 7.44. The maximum atomic E-state index is 12.6. The van der Waals surface area contributed by atoms with Crippen LogP contribution in [0.4, 0.5) is 0 Å². The van der Waals surface area contributed by atoms with Gasteiger partial charge in [-0.2, -0.15) is 0 Å². The Morgan fingerprint density at radius 2 is 2.11 bits per heavy atom. The maximum absolute atomic E-state index is 12.6. The largest absolute Gasteiger partial charge is 0.495 e. The summed E-state index contributed by atoms with van der Waals surface area (Å²) in [7, 11) is 1.59. The van der Waals surface area contributed by atoms with Crippen LogP contribution in [-0.4, -0.2) is 36.0 Å². The molecule has 28 heavy (non-hydrogen) atoms. The number of aliphatic hydroxyl groups is 1. The third kappa shape index (κ3) is 4.04. The topological polar surface area (TPSA) is 89.9 Å². The Morgan fingerprint density at radius 1 is 1.29 bits per heavy atom. The van der Waals surface area contributed by atoms with Gasteiger partial charge in [-0.3, -0.25) is 9.78 Å². The van der Waals surface area contributed by atoms with E-state index >= 15 is 0 Å². The van der Waals surface area contributed by atoms with Crippen LogP contribution in [-0.2, 0) is 11.2 Å². The van der Waals surface area contributed by atoms with Crippen molar-refractivity contribution in [1.82, 2.24) is 10.3 Å². The van der Waals surface area contributed by atoms with Crippen LogP contribution in [0.5, 0.6) is 17.2 Å². The summed E-state index contributed by atoms with van der Waals surface area (Å²) in [4.78, 5) is 16.8. The van der Waals surface area contributed by atoms with E-state index in [-0.39, 0.29) is 30.8 Å². The van der Waals surface area contributed by atoms with E-state index in [1.807, 2.05) is 24.3 Å². The lowest BCUT2D eigenvalue weighted by molar-refractivity contribution is -0.123. The van der Waals surface area contributed by atoms with Gasteiger partial charge in [-0.25, -0.2) is 0 Å². The third-order valence-corrected chi connectivity index (χ3v) is 5.34. The second kappa shape index (κ2) is 8.06. The predicted molar refractivity (Wildman–Crippen MR) is 101 cm³/mol. The molecule has 2 aromatic rings. The van der Waals surface area contributed by atoms with E-state index in [1.54, 1.807) is 19.5 Å². The number of aromatic nitrogens is 1. The van der Waals surface area contributed by atoms with Crippen LogP contribution < -0.4 is 19.5 Å². The molecular formula is C21H24N2O5. The molecule has 1 saturated carbocycles. The number of carbonyl (C=O) groups is 1. The minimum absolute atomic E-state index is 0.0353. The number of pyridine rings is 1. The molecule has 2 N–H and O–H groups in total. The average Bonchev–Trinajstić information content (AvgIpc) is 3.16. The van der Waals surface area contributed by atoms with E-state index in [9.17, 15) is 9.90 Å². The molecule has 148 valence electrons. The van der Waals surface area contributed by atoms with Gasteiger partial charge in [0, 0.05) is 12.6 Å². The predicted octanol–water partition coefficient (Wildman–Crippen LogP) is 2.38. The first-order valence-electron chi connectivity index (χ1n) is 9.47. The summed E-state index contributed by atoms with van der Waals surface area (Å²) in [5, 5.41) is 12.8. The fraction of sp³-hybridized carbons (Fsp3) is 0.429. The number of aliphatic hydroxyl groups excluding tert-OH is 1. The van der Waals surface area contributed by atoms with Crippen molar-refractivity contribution in [2.45, 2.75) is 37.8 Å². The molecule has 1 aromatic heterocycles. The van der Waals surface area contributed by atoms with Gasteiger partial charge in [-0.1, -0.05) is 6.07 Å². The smallest absolute Gasteiger partial charge is 0.231 e. The van der Waals surface area contributed by atoms with Gasteiger partial charge in [-0.05, 0) is 54.5 Å². The van der Waals surface area contributed by atoms with Crippen molar-refractivity contribution < 1.29 is 24.1 Å². The Labute approximate surface area is 163 Å². The normalized spacial score (nSPS) is 20.9. The van der Waals surface area contributed by atoms with Crippen molar-refractivity contribution in [2.75, 3.05) is 13.9 Å². The number of hydrogen-bond acceptors (Lipinski definition) is 6. The second-order valence-electron chi connectivity index (χ2n) is 7.28. The number of methoxy groups -OCH3 is 1. The van der Waals surface area contributed by atoms with Gasteiger partial charge < -0.3 is 24.6 Å². The average molecular weight is 384 g/mol. The summed E-state index contributed by atoms with van der Waals surface area (Å²) in [6.07, 6.45) is 5.40. The molecule has 2 heterocycles. The fourth-order valence-corrected chi connectivity index (χ4v) is 3.69. The van der Waals surface area contributed by atoms with Gasteiger partial charge in [0.15, 0.2) is 11.5 Å². The van der Waals surface area contributed by atoms with E-state index in [1.165, 1.54) is 0 Å². The highest BCUT2D eigenvalue weighted by Crippen LogP contribution is 2.38. The number of nitrogens with zero attached hydrogens (tertiary/aromatic N) is 1. The Hall–Kier alpha value is -2.80. The lowest BCUT2D eigenvalue weighted by Gasteiger charge is -2.38. The molecule has 1 aliphatic heterocycles. The van der Waals surface area contributed by atoms with Crippen LogP contribution in [0.25, 0.3) is 0 Å². The second-order valence-corrected chi connectivity index (χ2v) is 7.28. The summed E-state index contributed by atoms with van der Waals surface area (Å²) < 4.78 is 16.0. The number of amides is 1. The zero-order chi connectivity index (χ0) is 19.5. The molecule has 4 rings (SSSR count). The Morgan fingerprint density at radius 3 is 2.89 bits per heavy atom. The standard InChI is InChI=1S/C21H24N2O5/c1-26-17-9-15(10-22-11-17)21(14-7-16(24)8-14)23-20(25)5-3-13-2-4-18-19(6-13)28-12-27-18/h2,4,6,9-11,14,16,21,24H,3,5,7-8,12H2,1H3,(H,23,25)/t14?,16?,21-/m0/s1. The van der Waals surface area contributed by atoms with Crippen LogP contribution in [0.2, 0.25) is 0 Å². The minimum Gasteiger partial charge on any atom is -0.495 e. The lowest BCUT2D eigenvalue weighted by Crippen LogP contribution is -2.41. The molecule has 1 amide bonds. The van der Waals surface area contributed by atoms with Gasteiger partial charge >= 0.3 is 0 Å². The number of nitrogens with one attached hydrogen (secondary N) is 1. The molecule has 1 aliphatic carbocycles. The highest BCUT2D eigenvalue weighted by atomic mass is 16.7. The molecule has 1 atom stereocenters. The molecule has 0 unspecified atom stereocenters. The monoisotopic (exact) mass is 384 g/mol. The first kappa shape index (κ1) is 18.6. The summed E-state index contributed by atoms with van der Waals surface area (Å²) >= 11 is 0. The number of hydrogen-bond donors (Lipinski definition) is 2. The first-order chi connectivity index (χ1) is 13.6. The van der Waals surface area contributed by atoms with Crippen LogP contribution in [0.1, 0.15) is 36.4 Å². The highest BCUT2D eigenvalue weighted by molar-refractivity contribution is 5.76. The highest BCUT2D eigenvalue weighted by Gasteiger charge is 2.36. The van der Waals surface area contributed by atoms with Gasteiger partial charge in [0.05, 0.1) is 25.5 Å². The zero-order valence-corrected chi connectivity index (χ0v) is 15.8. The molecule has 0 bridgehead atoms. The molecule has 0 saturated heterocycles. The van der Waals surface area contributed by atoms with Gasteiger partial charge in [0.2, 0.25) is 12.7 Å². The van der Waals surface area contributed by atoms with Crippen LogP contribution in [0.15, 0.2) is 36.7 Å². The third-order valence-electron chi connectivity index (χ3n) is 5.34. The Kier molecular flexibility index (Phi) is 5.34. The van der Waals surface area contributed by atoms with E-state index in [0.717, 1.165) is 22.6 Å². The number of fused-ring (bicyclic) bond motifs is 1. The number of carbonyl (C=O) groups excluding carboxylic acids is 1. The molecule has 0 radical (unpaired) electrons. The van der Waals surface area contributed by atoms with E-state index < -0.39 is 0 Å². The SMILES string of the molecule is COc1cncc([C@@H](NC(=O)CCc2ccc3c(c2)OCO3)C2CC(O)C2)c1. The van der Waals surface area contributed by atoms with E-state index in [2.05, 4.69) is 10.3 Å². The minimum atomic E-state index is -0.295. The van der Waals surface area contributed by atoms with Crippen molar-refractivity contribution in [2.24, 2.45) is 5.92 Å². The zero-order valence-electron chi connectivity index (χ0n) is 15.8. The summed E-state index contributed by atoms with van der Waals surface area (Å²) in [6.45, 7) is 0.239. The summed E-state index contributed by atoms with van der Waals surface area (Å²) in [5.41, 5.74) is 1.92. The molecule has 0 spiro atoms. The van der Waals surface area contributed by atoms with Crippen LogP contribution in [0.3, 0.4) is 0 Å². The van der Waals surface area contributed by atoms with Gasteiger partial charge in [-0.15, -0.1) is 0 Å².